The van der Waals surface area contributed by atoms with Crippen molar-refractivity contribution < 1.29 is 0 Å². The van der Waals surface area contributed by atoms with Crippen molar-refractivity contribution in [3.8, 4) is 11.3 Å². The van der Waals surface area contributed by atoms with Gasteiger partial charge in [0, 0.05) is 29.4 Å². The highest BCUT2D eigenvalue weighted by molar-refractivity contribution is 5.63. The molecule has 2 aromatic rings. The number of pyridine rings is 1. The van der Waals surface area contributed by atoms with E-state index < -0.39 is 0 Å². The first kappa shape index (κ1) is 13.1. The Morgan fingerprint density at radius 2 is 2.00 bits per heavy atom. The molecule has 0 atom stereocenters. The molecule has 1 aromatic heterocycles. The highest BCUT2D eigenvalue weighted by Gasteiger charge is 2.20. The first-order chi connectivity index (χ1) is 9.63. The van der Waals surface area contributed by atoms with Gasteiger partial charge in [-0.25, -0.2) is 0 Å². The summed E-state index contributed by atoms with van der Waals surface area (Å²) in [5.74, 6) is 0. The fourth-order valence-corrected chi connectivity index (χ4v) is 2.46. The molecule has 0 aliphatic heterocycles. The van der Waals surface area contributed by atoms with Crippen LogP contribution in [-0.4, -0.2) is 11.0 Å². The number of benzene rings is 1. The lowest BCUT2D eigenvalue weighted by Gasteiger charge is -2.08. The Kier molecular flexibility index (Phi) is 3.45. The number of hydrogen-bond donors (Lipinski definition) is 2. The van der Waals surface area contributed by atoms with Crippen LogP contribution in [0, 0.1) is 13.8 Å². The number of nitrogens with one attached hydrogen (secondary N) is 2. The molecule has 1 fully saturated rings. The van der Waals surface area contributed by atoms with E-state index in [-0.39, 0.29) is 5.56 Å². The Balaban J connectivity index is 1.86. The number of aromatic amines is 1. The maximum Gasteiger partial charge on any atom is 0.252 e. The largest absolute Gasteiger partial charge is 0.322 e. The average molecular weight is 268 g/mol. The van der Waals surface area contributed by atoms with Gasteiger partial charge in [0.25, 0.3) is 5.56 Å². The van der Waals surface area contributed by atoms with Crippen molar-refractivity contribution in [2.24, 2.45) is 0 Å². The Morgan fingerprint density at radius 1 is 1.20 bits per heavy atom. The smallest absolute Gasteiger partial charge is 0.252 e. The lowest BCUT2D eigenvalue weighted by molar-refractivity contribution is 0.682. The molecule has 0 amide bonds. The Hall–Kier alpha value is -1.87. The fourth-order valence-electron chi connectivity index (χ4n) is 2.46. The third-order valence-corrected chi connectivity index (χ3v) is 3.82. The second kappa shape index (κ2) is 5.25. The highest BCUT2D eigenvalue weighted by Crippen LogP contribution is 2.22. The molecule has 1 aromatic carbocycles. The lowest BCUT2D eigenvalue weighted by Crippen LogP contribution is -2.22. The first-order valence-electron chi connectivity index (χ1n) is 7.17. The summed E-state index contributed by atoms with van der Waals surface area (Å²) in [5, 5.41) is 3.37. The maximum atomic E-state index is 12.1. The van der Waals surface area contributed by atoms with E-state index >= 15 is 0 Å². The maximum absolute atomic E-state index is 12.1. The van der Waals surface area contributed by atoms with E-state index in [4.69, 9.17) is 0 Å². The molecule has 1 saturated carbocycles. The number of H-pyrrole nitrogens is 1. The van der Waals surface area contributed by atoms with Gasteiger partial charge in [0.15, 0.2) is 0 Å². The van der Waals surface area contributed by atoms with Gasteiger partial charge < -0.3 is 10.3 Å². The number of aryl methyl sites for hydroxylation is 2. The Bertz CT molecular complexity index is 684. The summed E-state index contributed by atoms with van der Waals surface area (Å²) in [4.78, 5) is 15.1. The second-order valence-corrected chi connectivity index (χ2v) is 5.70. The first-order valence-corrected chi connectivity index (χ1v) is 7.17. The normalized spacial score (nSPS) is 14.5. The highest BCUT2D eigenvalue weighted by atomic mass is 16.1. The molecular formula is C17H20N2O. The van der Waals surface area contributed by atoms with Crippen LogP contribution in [0.25, 0.3) is 11.3 Å². The Labute approximate surface area is 119 Å². The Morgan fingerprint density at radius 3 is 2.65 bits per heavy atom. The van der Waals surface area contributed by atoms with Crippen LogP contribution in [0.4, 0.5) is 0 Å². The van der Waals surface area contributed by atoms with Crippen molar-refractivity contribution in [1.29, 1.82) is 0 Å². The van der Waals surface area contributed by atoms with E-state index in [9.17, 15) is 4.79 Å². The molecule has 1 aliphatic rings. The zero-order chi connectivity index (χ0) is 14.1. The average Bonchev–Trinajstić information content (AvgIpc) is 3.21. The number of rotatable bonds is 4. The summed E-state index contributed by atoms with van der Waals surface area (Å²) in [6.45, 7) is 4.81. The van der Waals surface area contributed by atoms with E-state index in [0.717, 1.165) is 16.8 Å². The number of aromatic nitrogens is 1. The van der Waals surface area contributed by atoms with Crippen molar-refractivity contribution in [2.45, 2.75) is 39.3 Å². The zero-order valence-corrected chi connectivity index (χ0v) is 12.0. The predicted molar refractivity (Wildman–Crippen MR) is 81.8 cm³/mol. The third kappa shape index (κ3) is 2.83. The molecule has 1 aliphatic carbocycles. The van der Waals surface area contributed by atoms with Crippen molar-refractivity contribution in [2.75, 3.05) is 0 Å². The summed E-state index contributed by atoms with van der Waals surface area (Å²) in [6, 6.07) is 10.8. The second-order valence-electron chi connectivity index (χ2n) is 5.70. The molecule has 0 unspecified atom stereocenters. The molecule has 0 saturated heterocycles. The SMILES string of the molecule is Cc1ccc(-c2ccc(CNC3CC3)c(=O)[nH]2)c(C)c1. The molecule has 104 valence electrons. The van der Waals surface area contributed by atoms with Gasteiger partial charge in [0.1, 0.15) is 0 Å². The molecule has 20 heavy (non-hydrogen) atoms. The van der Waals surface area contributed by atoms with Crippen LogP contribution in [0.1, 0.15) is 29.5 Å². The lowest BCUT2D eigenvalue weighted by atomic mass is 10.0. The molecule has 0 bridgehead atoms. The molecule has 2 N–H and O–H groups in total. The van der Waals surface area contributed by atoms with Gasteiger partial charge in [-0.3, -0.25) is 4.79 Å². The zero-order valence-electron chi connectivity index (χ0n) is 12.0. The van der Waals surface area contributed by atoms with Crippen LogP contribution in [0.3, 0.4) is 0 Å². The van der Waals surface area contributed by atoms with Crippen molar-refractivity contribution in [3.05, 3.63) is 57.4 Å². The monoisotopic (exact) mass is 268 g/mol. The van der Waals surface area contributed by atoms with Crippen molar-refractivity contribution >= 4 is 0 Å². The molecule has 3 rings (SSSR count). The van der Waals surface area contributed by atoms with E-state index in [1.54, 1.807) is 0 Å². The van der Waals surface area contributed by atoms with Gasteiger partial charge in [-0.1, -0.05) is 29.8 Å². The van der Waals surface area contributed by atoms with Crippen LogP contribution >= 0.6 is 0 Å². The minimum Gasteiger partial charge on any atom is -0.322 e. The van der Waals surface area contributed by atoms with Gasteiger partial charge >= 0.3 is 0 Å². The van der Waals surface area contributed by atoms with E-state index in [1.807, 2.05) is 12.1 Å². The summed E-state index contributed by atoms with van der Waals surface area (Å²) < 4.78 is 0. The molecule has 3 heteroatoms. The van der Waals surface area contributed by atoms with Gasteiger partial charge in [-0.15, -0.1) is 0 Å². The van der Waals surface area contributed by atoms with Gasteiger partial charge in [-0.2, -0.15) is 0 Å². The quantitative estimate of drug-likeness (QED) is 0.895. The van der Waals surface area contributed by atoms with Gasteiger partial charge in [0.2, 0.25) is 0 Å². The third-order valence-electron chi connectivity index (χ3n) is 3.82. The van der Waals surface area contributed by atoms with E-state index in [0.29, 0.717) is 12.6 Å². The van der Waals surface area contributed by atoms with Crippen LogP contribution in [0.5, 0.6) is 0 Å². The summed E-state index contributed by atoms with van der Waals surface area (Å²) >= 11 is 0. The molecule has 0 radical (unpaired) electrons. The standard InChI is InChI=1S/C17H20N2O/c1-11-3-7-15(12(2)9-11)16-8-4-13(17(20)19-16)10-18-14-5-6-14/h3-4,7-9,14,18H,5-6,10H2,1-2H3,(H,19,20). The van der Waals surface area contributed by atoms with E-state index in [2.05, 4.69) is 42.3 Å². The van der Waals surface area contributed by atoms with Crippen molar-refractivity contribution in [3.63, 3.8) is 0 Å². The molecule has 1 heterocycles. The van der Waals surface area contributed by atoms with Gasteiger partial charge in [0.05, 0.1) is 0 Å². The van der Waals surface area contributed by atoms with Crippen molar-refractivity contribution in [1.82, 2.24) is 10.3 Å². The van der Waals surface area contributed by atoms with Crippen LogP contribution in [0.2, 0.25) is 0 Å². The fraction of sp³-hybridized carbons (Fsp3) is 0.353. The molecule has 0 spiro atoms. The summed E-state index contributed by atoms with van der Waals surface area (Å²) in [7, 11) is 0. The van der Waals surface area contributed by atoms with Crippen LogP contribution < -0.4 is 10.9 Å². The van der Waals surface area contributed by atoms with E-state index in [1.165, 1.54) is 24.0 Å². The minimum absolute atomic E-state index is 0.00984. The predicted octanol–water partition coefficient (Wildman–Crippen LogP) is 2.91. The summed E-state index contributed by atoms with van der Waals surface area (Å²) in [6.07, 6.45) is 2.47. The van der Waals surface area contributed by atoms with Gasteiger partial charge in [-0.05, 0) is 38.3 Å². The van der Waals surface area contributed by atoms with Crippen LogP contribution in [0.15, 0.2) is 35.1 Å². The summed E-state index contributed by atoms with van der Waals surface area (Å²) in [5.41, 5.74) is 5.22. The topological polar surface area (TPSA) is 44.9 Å². The number of hydrogen-bond acceptors (Lipinski definition) is 2. The molecular weight excluding hydrogens is 248 g/mol. The minimum atomic E-state index is 0.00984. The van der Waals surface area contributed by atoms with Crippen LogP contribution in [-0.2, 0) is 6.54 Å². The molecule has 3 nitrogen and oxygen atoms in total.